The molecule has 0 amide bonds. The van der Waals surface area contributed by atoms with Crippen LogP contribution in [0, 0.1) is 0 Å². The van der Waals surface area contributed by atoms with E-state index in [0.29, 0.717) is 12.1 Å². The van der Waals surface area contributed by atoms with Gasteiger partial charge in [0.2, 0.25) is 0 Å². The fourth-order valence-electron chi connectivity index (χ4n) is 3.88. The molecule has 2 heterocycles. The van der Waals surface area contributed by atoms with Crippen LogP contribution >= 0.6 is 0 Å². The standard InChI is InChI=1S/C17H21N3/c1-2-11-20-15-10-6-3-7-12(15)16-17(20)19-14-9-5-4-8-13(14)18-16/h2-3,6-7,10,13,16-18H,1,4-5,8-9,11H2. The second-order valence-electron chi connectivity index (χ2n) is 5.98. The monoisotopic (exact) mass is 267 g/mol. The molecule has 2 aliphatic heterocycles. The van der Waals surface area contributed by atoms with Crippen molar-refractivity contribution in [3.8, 4) is 0 Å². The van der Waals surface area contributed by atoms with E-state index in [-0.39, 0.29) is 6.17 Å². The Morgan fingerprint density at radius 3 is 3.15 bits per heavy atom. The first kappa shape index (κ1) is 12.2. The molecule has 1 N–H and O–H groups in total. The maximum atomic E-state index is 5.11. The summed E-state index contributed by atoms with van der Waals surface area (Å²) in [5, 5.41) is 3.86. The molecule has 4 rings (SSSR count). The Bertz CT molecular complexity index is 563. The van der Waals surface area contributed by atoms with Crippen LogP contribution in [0.25, 0.3) is 0 Å². The van der Waals surface area contributed by atoms with Gasteiger partial charge in [0, 0.05) is 24.0 Å². The fourth-order valence-corrected chi connectivity index (χ4v) is 3.88. The summed E-state index contributed by atoms with van der Waals surface area (Å²) in [5.74, 6) is 0. The predicted octanol–water partition coefficient (Wildman–Crippen LogP) is 3.05. The number of rotatable bonds is 2. The third kappa shape index (κ3) is 1.73. The van der Waals surface area contributed by atoms with Gasteiger partial charge < -0.3 is 4.90 Å². The average molecular weight is 267 g/mol. The summed E-state index contributed by atoms with van der Waals surface area (Å²) in [6.45, 7) is 4.77. The van der Waals surface area contributed by atoms with Crippen molar-refractivity contribution in [2.75, 3.05) is 11.4 Å². The van der Waals surface area contributed by atoms with Gasteiger partial charge >= 0.3 is 0 Å². The topological polar surface area (TPSA) is 27.6 Å². The maximum Gasteiger partial charge on any atom is 0.141 e. The third-order valence-electron chi connectivity index (χ3n) is 4.78. The summed E-state index contributed by atoms with van der Waals surface area (Å²) >= 11 is 0. The van der Waals surface area contributed by atoms with Gasteiger partial charge in [0.15, 0.2) is 0 Å². The highest BCUT2D eigenvalue weighted by atomic mass is 15.3. The second-order valence-corrected chi connectivity index (χ2v) is 5.98. The molecule has 0 spiro atoms. The Morgan fingerprint density at radius 2 is 2.25 bits per heavy atom. The molecule has 3 atom stereocenters. The maximum absolute atomic E-state index is 5.11. The summed E-state index contributed by atoms with van der Waals surface area (Å²) in [7, 11) is 0. The number of hydrogen-bond donors (Lipinski definition) is 1. The summed E-state index contributed by atoms with van der Waals surface area (Å²) in [6, 6.07) is 9.55. The number of aliphatic imine (C=N–C) groups is 1. The summed E-state index contributed by atoms with van der Waals surface area (Å²) in [4.78, 5) is 7.50. The van der Waals surface area contributed by atoms with Gasteiger partial charge in [-0.3, -0.25) is 10.3 Å². The lowest BCUT2D eigenvalue weighted by atomic mass is 9.90. The molecule has 1 fully saturated rings. The van der Waals surface area contributed by atoms with Crippen LogP contribution < -0.4 is 10.2 Å². The van der Waals surface area contributed by atoms with Crippen molar-refractivity contribution in [2.45, 2.75) is 43.9 Å². The lowest BCUT2D eigenvalue weighted by Gasteiger charge is -2.37. The number of fused-ring (bicyclic) bond motifs is 4. The average Bonchev–Trinajstić information content (AvgIpc) is 2.80. The van der Waals surface area contributed by atoms with E-state index >= 15 is 0 Å². The number of nitrogens with one attached hydrogen (secondary N) is 1. The van der Waals surface area contributed by atoms with Gasteiger partial charge in [0.05, 0.1) is 6.04 Å². The molecule has 1 aromatic carbocycles. The largest absolute Gasteiger partial charge is 0.344 e. The zero-order chi connectivity index (χ0) is 13.5. The van der Waals surface area contributed by atoms with Crippen LogP contribution in [0.3, 0.4) is 0 Å². The van der Waals surface area contributed by atoms with E-state index in [0.717, 1.165) is 6.54 Å². The Labute approximate surface area is 120 Å². The Hall–Kier alpha value is -1.61. The second kappa shape index (κ2) is 4.74. The van der Waals surface area contributed by atoms with E-state index in [4.69, 9.17) is 4.99 Å². The normalized spacial score (nSPS) is 31.1. The summed E-state index contributed by atoms with van der Waals surface area (Å²) in [5.41, 5.74) is 4.10. The third-order valence-corrected chi connectivity index (χ3v) is 4.78. The summed E-state index contributed by atoms with van der Waals surface area (Å²) in [6.07, 6.45) is 7.22. The molecule has 3 heteroatoms. The van der Waals surface area contributed by atoms with Gasteiger partial charge in [-0.2, -0.15) is 0 Å². The van der Waals surface area contributed by atoms with E-state index < -0.39 is 0 Å². The molecule has 0 saturated heterocycles. The number of anilines is 1. The van der Waals surface area contributed by atoms with Crippen molar-refractivity contribution in [3.63, 3.8) is 0 Å². The first-order chi connectivity index (χ1) is 9.88. The molecule has 1 saturated carbocycles. The van der Waals surface area contributed by atoms with Gasteiger partial charge in [-0.15, -0.1) is 6.58 Å². The van der Waals surface area contributed by atoms with Gasteiger partial charge in [-0.1, -0.05) is 30.7 Å². The molecule has 3 unspecified atom stereocenters. The van der Waals surface area contributed by atoms with E-state index in [9.17, 15) is 0 Å². The van der Waals surface area contributed by atoms with Crippen LogP contribution in [-0.4, -0.2) is 24.5 Å². The molecular weight excluding hydrogens is 246 g/mol. The Balaban J connectivity index is 1.77. The van der Waals surface area contributed by atoms with Crippen LogP contribution in [0.5, 0.6) is 0 Å². The molecule has 104 valence electrons. The van der Waals surface area contributed by atoms with Crippen LogP contribution in [0.2, 0.25) is 0 Å². The highest BCUT2D eigenvalue weighted by molar-refractivity contribution is 5.91. The van der Waals surface area contributed by atoms with Gasteiger partial charge in [-0.05, 0) is 30.9 Å². The minimum Gasteiger partial charge on any atom is -0.344 e. The van der Waals surface area contributed by atoms with E-state index in [1.807, 2.05) is 6.08 Å². The first-order valence-electron chi connectivity index (χ1n) is 7.67. The number of hydrogen-bond acceptors (Lipinski definition) is 3. The molecular formula is C17H21N3. The molecule has 3 nitrogen and oxygen atoms in total. The molecule has 1 aromatic rings. The summed E-state index contributed by atoms with van der Waals surface area (Å²) < 4.78 is 0. The zero-order valence-electron chi connectivity index (χ0n) is 11.8. The van der Waals surface area contributed by atoms with Gasteiger partial charge in [-0.25, -0.2) is 0 Å². The predicted molar refractivity (Wildman–Crippen MR) is 83.3 cm³/mol. The van der Waals surface area contributed by atoms with Crippen LogP contribution in [0.4, 0.5) is 5.69 Å². The van der Waals surface area contributed by atoms with Crippen molar-refractivity contribution in [1.29, 1.82) is 0 Å². The van der Waals surface area contributed by atoms with Crippen molar-refractivity contribution in [3.05, 3.63) is 42.5 Å². The zero-order valence-corrected chi connectivity index (χ0v) is 11.8. The van der Waals surface area contributed by atoms with E-state index in [1.54, 1.807) is 0 Å². The quantitative estimate of drug-likeness (QED) is 0.834. The molecule has 0 bridgehead atoms. The Morgan fingerprint density at radius 1 is 1.35 bits per heavy atom. The Kier molecular flexibility index (Phi) is 2.88. The smallest absolute Gasteiger partial charge is 0.141 e. The minimum atomic E-state index is 0.217. The van der Waals surface area contributed by atoms with Crippen LogP contribution in [0.15, 0.2) is 41.9 Å². The number of benzene rings is 1. The highest BCUT2D eigenvalue weighted by Crippen LogP contribution is 2.42. The van der Waals surface area contributed by atoms with Crippen molar-refractivity contribution >= 4 is 11.4 Å². The first-order valence-corrected chi connectivity index (χ1v) is 7.67. The lowest BCUT2D eigenvalue weighted by molar-refractivity contribution is 0.380. The molecule has 0 radical (unpaired) electrons. The van der Waals surface area contributed by atoms with Crippen molar-refractivity contribution in [2.24, 2.45) is 4.99 Å². The van der Waals surface area contributed by atoms with Crippen molar-refractivity contribution < 1.29 is 0 Å². The van der Waals surface area contributed by atoms with E-state index in [1.165, 1.54) is 42.6 Å². The molecule has 0 aromatic heterocycles. The molecule has 3 aliphatic rings. The van der Waals surface area contributed by atoms with Crippen molar-refractivity contribution in [1.82, 2.24) is 5.32 Å². The van der Waals surface area contributed by atoms with Crippen LogP contribution in [-0.2, 0) is 0 Å². The highest BCUT2D eigenvalue weighted by Gasteiger charge is 2.42. The lowest BCUT2D eigenvalue weighted by Crippen LogP contribution is -2.51. The molecule has 20 heavy (non-hydrogen) atoms. The van der Waals surface area contributed by atoms with E-state index in [2.05, 4.69) is 41.1 Å². The number of nitrogens with zero attached hydrogens (tertiary/aromatic N) is 2. The minimum absolute atomic E-state index is 0.217. The van der Waals surface area contributed by atoms with Crippen LogP contribution in [0.1, 0.15) is 37.3 Å². The van der Waals surface area contributed by atoms with Gasteiger partial charge in [0.1, 0.15) is 6.17 Å². The van der Waals surface area contributed by atoms with Gasteiger partial charge in [0.25, 0.3) is 0 Å². The molecule has 1 aliphatic carbocycles. The SMILES string of the molecule is C=CCN1c2ccccc2C2NC3CCCCC3=NC21. The fraction of sp³-hybridized carbons (Fsp3) is 0.471. The number of para-hydroxylation sites is 1.